The summed E-state index contributed by atoms with van der Waals surface area (Å²) < 4.78 is 79.4. The molecule has 0 fully saturated rings. The van der Waals surface area contributed by atoms with Gasteiger partial charge in [0.25, 0.3) is 0 Å². The normalized spacial score (nSPS) is 12.1. The second-order valence-electron chi connectivity index (χ2n) is 6.37. The third-order valence-electron chi connectivity index (χ3n) is 4.06. The molecule has 0 atom stereocenters. The van der Waals surface area contributed by atoms with Gasteiger partial charge in [0.2, 0.25) is 5.91 Å². The molecule has 0 bridgehead atoms. The van der Waals surface area contributed by atoms with Crippen molar-refractivity contribution in [3.05, 3.63) is 66.4 Å². The quantitative estimate of drug-likeness (QED) is 0.371. The van der Waals surface area contributed by atoms with E-state index in [1.54, 1.807) is 30.3 Å². The van der Waals surface area contributed by atoms with Crippen LogP contribution in [-0.4, -0.2) is 27.4 Å². The van der Waals surface area contributed by atoms with Gasteiger partial charge in [0, 0.05) is 0 Å². The number of nitrogens with one attached hydrogen (secondary N) is 1. The highest BCUT2D eigenvalue weighted by molar-refractivity contribution is 7.99. The number of benzene rings is 2. The minimum Gasteiger partial charge on any atom is -0.325 e. The zero-order valence-electron chi connectivity index (χ0n) is 15.7. The third-order valence-corrected chi connectivity index (χ3v) is 5.06. The second kappa shape index (κ2) is 9.04. The number of halogens is 6. The third kappa shape index (κ3) is 6.03. The van der Waals surface area contributed by atoms with E-state index in [4.69, 9.17) is 0 Å². The summed E-state index contributed by atoms with van der Waals surface area (Å²) >= 11 is 0.703. The molecule has 31 heavy (non-hydrogen) atoms. The van der Waals surface area contributed by atoms with Crippen LogP contribution in [-0.2, 0) is 17.5 Å². The lowest BCUT2D eigenvalue weighted by atomic mass is 10.1. The summed E-state index contributed by atoms with van der Waals surface area (Å²) in [6.07, 6.45) is -7.93. The van der Waals surface area contributed by atoms with Crippen LogP contribution in [0.4, 0.5) is 32.0 Å². The van der Waals surface area contributed by atoms with Crippen LogP contribution in [0.5, 0.6) is 0 Å². The maximum absolute atomic E-state index is 13.1. The number of nitrogens with zero attached hydrogens (tertiary/aromatic N) is 2. The highest BCUT2D eigenvalue weighted by Gasteiger charge is 2.34. The van der Waals surface area contributed by atoms with E-state index in [1.807, 2.05) is 0 Å². The van der Waals surface area contributed by atoms with Crippen molar-refractivity contribution in [2.24, 2.45) is 0 Å². The van der Waals surface area contributed by atoms with E-state index in [9.17, 15) is 31.1 Å². The molecule has 0 aliphatic heterocycles. The van der Waals surface area contributed by atoms with Crippen LogP contribution in [0.25, 0.3) is 11.3 Å². The molecule has 2 aromatic carbocycles. The number of para-hydroxylation sites is 1. The van der Waals surface area contributed by atoms with Crippen molar-refractivity contribution in [2.45, 2.75) is 24.1 Å². The van der Waals surface area contributed by atoms with Crippen molar-refractivity contribution in [1.82, 2.24) is 9.55 Å². The summed E-state index contributed by atoms with van der Waals surface area (Å²) in [5.74, 6) is -1.22. The highest BCUT2D eigenvalue weighted by atomic mass is 32.2. The number of hydrogen-bond acceptors (Lipinski definition) is 3. The summed E-state index contributed by atoms with van der Waals surface area (Å²) in [7, 11) is 0. The highest BCUT2D eigenvalue weighted by Crippen LogP contribution is 2.35. The van der Waals surface area contributed by atoms with Crippen LogP contribution in [0.3, 0.4) is 0 Å². The molecule has 1 N–H and O–H groups in total. The molecule has 0 radical (unpaired) electrons. The van der Waals surface area contributed by atoms with Gasteiger partial charge in [-0.25, -0.2) is 4.98 Å². The van der Waals surface area contributed by atoms with Crippen molar-refractivity contribution >= 4 is 23.4 Å². The van der Waals surface area contributed by atoms with E-state index < -0.39 is 41.8 Å². The number of carbonyl (C=O) groups excluding carboxylic acids is 1. The van der Waals surface area contributed by atoms with E-state index in [-0.39, 0.29) is 10.9 Å². The van der Waals surface area contributed by atoms with Crippen molar-refractivity contribution < 1.29 is 31.1 Å². The molecule has 164 valence electrons. The maximum Gasteiger partial charge on any atom is 0.418 e. The number of alkyl halides is 6. The van der Waals surface area contributed by atoms with E-state index >= 15 is 0 Å². The van der Waals surface area contributed by atoms with Crippen LogP contribution < -0.4 is 5.32 Å². The number of hydrogen-bond donors (Lipinski definition) is 1. The largest absolute Gasteiger partial charge is 0.418 e. The van der Waals surface area contributed by atoms with Gasteiger partial charge in [-0.3, -0.25) is 4.79 Å². The zero-order valence-corrected chi connectivity index (χ0v) is 16.5. The van der Waals surface area contributed by atoms with Gasteiger partial charge in [0.15, 0.2) is 5.16 Å². The average molecular weight is 459 g/mol. The summed E-state index contributed by atoms with van der Waals surface area (Å²) in [5, 5.41) is 2.08. The fourth-order valence-electron chi connectivity index (χ4n) is 2.80. The fourth-order valence-corrected chi connectivity index (χ4v) is 3.58. The van der Waals surface area contributed by atoms with Crippen molar-refractivity contribution in [3.8, 4) is 11.3 Å². The van der Waals surface area contributed by atoms with Gasteiger partial charge in [-0.2, -0.15) is 26.3 Å². The lowest BCUT2D eigenvalue weighted by Crippen LogP contribution is -2.20. The Balaban J connectivity index is 1.78. The average Bonchev–Trinajstić information content (AvgIpc) is 3.07. The predicted octanol–water partition coefficient (Wildman–Crippen LogP) is 5.86. The van der Waals surface area contributed by atoms with Crippen molar-refractivity contribution in [1.29, 1.82) is 0 Å². The Morgan fingerprint density at radius 3 is 2.26 bits per heavy atom. The van der Waals surface area contributed by atoms with Gasteiger partial charge < -0.3 is 9.88 Å². The molecule has 0 aliphatic rings. The zero-order chi connectivity index (χ0) is 22.6. The second-order valence-corrected chi connectivity index (χ2v) is 7.32. The minimum absolute atomic E-state index is 0.0737. The molecule has 0 unspecified atom stereocenters. The SMILES string of the molecule is O=C(CSc1ncc(-c2ccccc2)n1CC(F)(F)F)Nc1ccccc1C(F)(F)F. The number of anilines is 1. The van der Waals surface area contributed by atoms with Gasteiger partial charge in [-0.05, 0) is 17.7 Å². The van der Waals surface area contributed by atoms with Gasteiger partial charge in [-0.15, -0.1) is 0 Å². The number of amides is 1. The predicted molar refractivity (Wildman–Crippen MR) is 105 cm³/mol. The molecule has 0 saturated carbocycles. The minimum atomic E-state index is -4.66. The van der Waals surface area contributed by atoms with E-state index in [0.717, 1.165) is 16.7 Å². The molecule has 0 aliphatic carbocycles. The molecule has 0 spiro atoms. The Morgan fingerprint density at radius 1 is 0.968 bits per heavy atom. The van der Waals surface area contributed by atoms with Crippen LogP contribution in [0, 0.1) is 0 Å². The molecule has 1 amide bonds. The number of rotatable bonds is 6. The molecule has 1 aromatic heterocycles. The Bertz CT molecular complexity index is 1050. The number of thioether (sulfide) groups is 1. The van der Waals surface area contributed by atoms with E-state index in [1.165, 1.54) is 18.3 Å². The molecule has 11 heteroatoms. The maximum atomic E-state index is 13.1. The first-order valence-electron chi connectivity index (χ1n) is 8.81. The van der Waals surface area contributed by atoms with Gasteiger partial charge >= 0.3 is 12.4 Å². The Morgan fingerprint density at radius 2 is 1.61 bits per heavy atom. The monoisotopic (exact) mass is 459 g/mol. The van der Waals surface area contributed by atoms with Gasteiger partial charge in [-0.1, -0.05) is 54.2 Å². The lowest BCUT2D eigenvalue weighted by molar-refractivity contribution is -0.141. The Kier molecular flexibility index (Phi) is 6.63. The van der Waals surface area contributed by atoms with Crippen molar-refractivity contribution in [3.63, 3.8) is 0 Å². The first-order valence-corrected chi connectivity index (χ1v) is 9.80. The number of imidazole rings is 1. The smallest absolute Gasteiger partial charge is 0.325 e. The summed E-state index contributed by atoms with van der Waals surface area (Å²) in [5.41, 5.74) is -0.722. The summed E-state index contributed by atoms with van der Waals surface area (Å²) in [4.78, 5) is 16.2. The van der Waals surface area contributed by atoms with Gasteiger partial charge in [0.1, 0.15) is 6.54 Å². The summed E-state index contributed by atoms with van der Waals surface area (Å²) in [6.45, 7) is -1.32. The van der Waals surface area contributed by atoms with E-state index in [0.29, 0.717) is 17.3 Å². The standard InChI is InChI=1S/C20H15F6N3OS/c21-19(22,23)12-29-16(13-6-2-1-3-7-13)10-27-18(29)31-11-17(30)28-15-9-5-4-8-14(15)20(24,25)26/h1-10H,11-12H2,(H,28,30). The molecule has 3 rings (SSSR count). The molecular weight excluding hydrogens is 444 g/mol. The van der Waals surface area contributed by atoms with Crippen LogP contribution in [0.2, 0.25) is 0 Å². The lowest BCUT2D eigenvalue weighted by Gasteiger charge is -2.15. The first-order chi connectivity index (χ1) is 14.5. The summed E-state index contributed by atoms with van der Waals surface area (Å²) in [6, 6.07) is 12.7. The molecular formula is C20H15F6N3OS. The topological polar surface area (TPSA) is 46.9 Å². The van der Waals surface area contributed by atoms with Crippen LogP contribution in [0.15, 0.2) is 66.0 Å². The van der Waals surface area contributed by atoms with Crippen molar-refractivity contribution in [2.75, 3.05) is 11.1 Å². The number of aromatic nitrogens is 2. The fraction of sp³-hybridized carbons (Fsp3) is 0.200. The Hall–Kier alpha value is -2.95. The number of carbonyl (C=O) groups is 1. The molecule has 0 saturated heterocycles. The first kappa shape index (κ1) is 22.7. The van der Waals surface area contributed by atoms with Crippen LogP contribution >= 0.6 is 11.8 Å². The molecule has 1 heterocycles. The Labute approximate surface area is 177 Å². The van der Waals surface area contributed by atoms with Gasteiger partial charge in [0.05, 0.1) is 28.9 Å². The van der Waals surface area contributed by atoms with E-state index in [2.05, 4.69) is 10.3 Å². The molecule has 4 nitrogen and oxygen atoms in total. The molecule has 3 aromatic rings. The van der Waals surface area contributed by atoms with Crippen LogP contribution in [0.1, 0.15) is 5.56 Å².